The van der Waals surface area contributed by atoms with E-state index in [0.29, 0.717) is 98.9 Å². The zero-order valence-electron chi connectivity index (χ0n) is 21.5. The number of carboxylic acid groups (broad SMARTS) is 2. The van der Waals surface area contributed by atoms with Crippen LogP contribution in [0.15, 0.2) is 5.11 Å². The van der Waals surface area contributed by atoms with Crippen molar-refractivity contribution < 1.29 is 53.0 Å². The van der Waals surface area contributed by atoms with Gasteiger partial charge in [-0.2, -0.15) is 0 Å². The van der Waals surface area contributed by atoms with E-state index in [1.807, 2.05) is 0 Å². The van der Waals surface area contributed by atoms with Gasteiger partial charge in [0.2, 0.25) is 0 Å². The van der Waals surface area contributed by atoms with E-state index < -0.39 is 11.9 Å². The fraction of sp³-hybridized carbons (Fsp3) is 0.909. The smallest absolute Gasteiger partial charge is 0.305 e. The Morgan fingerprint density at radius 3 is 1.24 bits per heavy atom. The number of hydrogen-bond acceptors (Lipinski definition) is 11. The molecule has 15 nitrogen and oxygen atoms in total. The summed E-state index contributed by atoms with van der Waals surface area (Å²) in [5, 5.41) is 20.5. The highest BCUT2D eigenvalue weighted by molar-refractivity contribution is 5.67. The Kier molecular flexibility index (Phi) is 26.9. The molecule has 0 aromatic heterocycles. The first-order chi connectivity index (χ1) is 18.1. The number of aliphatic carboxylic acids is 2. The van der Waals surface area contributed by atoms with E-state index in [2.05, 4.69) is 14.9 Å². The minimum absolute atomic E-state index is 0.0235. The van der Waals surface area contributed by atoms with E-state index in [1.165, 1.54) is 0 Å². The van der Waals surface area contributed by atoms with Crippen LogP contribution in [0, 0.1) is 0 Å². The number of rotatable bonds is 30. The highest BCUT2D eigenvalue weighted by atomic mass is 16.5. The van der Waals surface area contributed by atoms with Crippen LogP contribution in [0.3, 0.4) is 0 Å². The Morgan fingerprint density at radius 1 is 0.568 bits per heavy atom. The summed E-state index contributed by atoms with van der Waals surface area (Å²) >= 11 is 0. The molecule has 0 spiro atoms. The van der Waals surface area contributed by atoms with E-state index in [4.69, 9.17) is 48.9 Å². The quantitative estimate of drug-likeness (QED) is 0.0563. The second-order valence-electron chi connectivity index (χ2n) is 7.37. The molecule has 0 aromatic carbocycles. The van der Waals surface area contributed by atoms with E-state index in [-0.39, 0.29) is 32.6 Å². The second kappa shape index (κ2) is 28.5. The van der Waals surface area contributed by atoms with Crippen LogP contribution in [0.2, 0.25) is 0 Å². The normalized spacial score (nSPS) is 11.1. The maximum Gasteiger partial charge on any atom is 0.305 e. The van der Waals surface area contributed by atoms with Gasteiger partial charge < -0.3 is 43.4 Å². The average molecular weight is 539 g/mol. The minimum atomic E-state index is -0.891. The van der Waals surface area contributed by atoms with Crippen molar-refractivity contribution in [3.05, 3.63) is 10.4 Å². The number of azide groups is 1. The van der Waals surface area contributed by atoms with Gasteiger partial charge in [0, 0.05) is 31.1 Å². The molecule has 0 saturated heterocycles. The molecule has 0 radical (unpaired) electrons. The number of hydrogen-bond donors (Lipinski definition) is 2. The summed E-state index contributed by atoms with van der Waals surface area (Å²) in [5.74, 6) is -1.78. The predicted molar refractivity (Wildman–Crippen MR) is 131 cm³/mol. The van der Waals surface area contributed by atoms with E-state index in [0.717, 1.165) is 0 Å². The predicted octanol–water partition coefficient (Wildman–Crippen LogP) is 0.664. The Hall–Kier alpha value is -2.07. The SMILES string of the molecule is [N-]=[N+]=NCCOCCN(CCOCCOCCOCCC(=O)O)CCOCCOCCOCCC(=O)O. The van der Waals surface area contributed by atoms with Crippen LogP contribution < -0.4 is 0 Å². The van der Waals surface area contributed by atoms with Gasteiger partial charge in [-0.1, -0.05) is 5.11 Å². The summed E-state index contributed by atoms with van der Waals surface area (Å²) in [7, 11) is 0. The lowest BCUT2D eigenvalue weighted by Gasteiger charge is -2.22. The first kappa shape index (κ1) is 34.9. The van der Waals surface area contributed by atoms with Crippen LogP contribution in [0.4, 0.5) is 0 Å². The molecule has 37 heavy (non-hydrogen) atoms. The minimum Gasteiger partial charge on any atom is -0.481 e. The Balaban J connectivity index is 3.84. The fourth-order valence-corrected chi connectivity index (χ4v) is 2.57. The molecule has 0 atom stereocenters. The van der Waals surface area contributed by atoms with Gasteiger partial charge in [-0.05, 0) is 5.53 Å². The van der Waals surface area contributed by atoms with Crippen LogP contribution in [0.5, 0.6) is 0 Å². The van der Waals surface area contributed by atoms with E-state index >= 15 is 0 Å². The summed E-state index contributed by atoms with van der Waals surface area (Å²) in [6.45, 7) is 7.61. The topological polar surface area (TPSA) is 191 Å². The molecule has 0 bridgehead atoms. The lowest BCUT2D eigenvalue weighted by molar-refractivity contribution is -0.139. The lowest BCUT2D eigenvalue weighted by Crippen LogP contribution is -2.34. The number of nitrogens with zero attached hydrogens (tertiary/aromatic N) is 4. The second-order valence-corrected chi connectivity index (χ2v) is 7.37. The molecule has 0 aromatic rings. The van der Waals surface area contributed by atoms with Gasteiger partial charge in [-0.3, -0.25) is 14.5 Å². The van der Waals surface area contributed by atoms with Crippen molar-refractivity contribution in [2.24, 2.45) is 5.11 Å². The van der Waals surface area contributed by atoms with Gasteiger partial charge in [0.25, 0.3) is 0 Å². The lowest BCUT2D eigenvalue weighted by atomic mass is 10.4. The van der Waals surface area contributed by atoms with Crippen molar-refractivity contribution in [1.82, 2.24) is 4.90 Å². The Morgan fingerprint density at radius 2 is 0.892 bits per heavy atom. The molecule has 0 saturated carbocycles. The van der Waals surface area contributed by atoms with Crippen molar-refractivity contribution in [3.8, 4) is 0 Å². The van der Waals surface area contributed by atoms with Crippen molar-refractivity contribution in [3.63, 3.8) is 0 Å². The average Bonchev–Trinajstić information content (AvgIpc) is 2.86. The molecule has 0 unspecified atom stereocenters. The highest BCUT2D eigenvalue weighted by Gasteiger charge is 2.06. The van der Waals surface area contributed by atoms with Gasteiger partial charge in [0.15, 0.2) is 0 Å². The molecule has 0 fully saturated rings. The van der Waals surface area contributed by atoms with Gasteiger partial charge in [0.05, 0.1) is 105 Å². The van der Waals surface area contributed by atoms with Crippen molar-refractivity contribution >= 4 is 11.9 Å². The fourth-order valence-electron chi connectivity index (χ4n) is 2.57. The molecule has 0 aliphatic rings. The Bertz CT molecular complexity index is 559. The third-order valence-corrected chi connectivity index (χ3v) is 4.46. The molecule has 0 rings (SSSR count). The van der Waals surface area contributed by atoms with E-state index in [1.54, 1.807) is 0 Å². The summed E-state index contributed by atoms with van der Waals surface area (Å²) in [5.41, 5.74) is 8.29. The van der Waals surface area contributed by atoms with Crippen LogP contribution in [0.1, 0.15) is 12.8 Å². The third-order valence-electron chi connectivity index (χ3n) is 4.46. The number of ether oxygens (including phenoxy) is 7. The summed E-state index contributed by atoms with van der Waals surface area (Å²) in [6.07, 6.45) is -0.0471. The van der Waals surface area contributed by atoms with Gasteiger partial charge in [-0.15, -0.1) is 0 Å². The van der Waals surface area contributed by atoms with Crippen LogP contribution in [-0.2, 0) is 42.7 Å². The molecule has 0 amide bonds. The molecule has 216 valence electrons. The number of carboxylic acids is 2. The monoisotopic (exact) mass is 538 g/mol. The van der Waals surface area contributed by atoms with Gasteiger partial charge in [-0.25, -0.2) is 0 Å². The van der Waals surface area contributed by atoms with Crippen LogP contribution in [-0.4, -0.2) is 146 Å². The van der Waals surface area contributed by atoms with Crippen LogP contribution in [0.25, 0.3) is 10.4 Å². The zero-order valence-corrected chi connectivity index (χ0v) is 21.5. The standard InChI is InChI=1S/C22H42N4O11/c23-25-24-3-9-33-10-4-26(5-11-34-15-19-36-17-13-31-7-1-21(27)28)6-12-35-16-20-37-18-14-32-8-2-22(29)30/h1-20H2,(H,27,28)(H,29,30). The molecule has 0 aliphatic heterocycles. The van der Waals surface area contributed by atoms with Gasteiger partial charge in [0.1, 0.15) is 0 Å². The van der Waals surface area contributed by atoms with Crippen molar-refractivity contribution in [2.75, 3.05) is 119 Å². The summed E-state index contributed by atoms with van der Waals surface area (Å²) in [6, 6.07) is 0. The van der Waals surface area contributed by atoms with Gasteiger partial charge >= 0.3 is 11.9 Å². The first-order valence-corrected chi connectivity index (χ1v) is 12.3. The highest BCUT2D eigenvalue weighted by Crippen LogP contribution is 1.93. The van der Waals surface area contributed by atoms with E-state index in [9.17, 15) is 9.59 Å². The number of carbonyl (C=O) groups is 2. The maximum absolute atomic E-state index is 10.4. The van der Waals surface area contributed by atoms with Crippen molar-refractivity contribution in [2.45, 2.75) is 12.8 Å². The summed E-state index contributed by atoms with van der Waals surface area (Å²) in [4.78, 5) is 25.6. The first-order valence-electron chi connectivity index (χ1n) is 12.3. The summed E-state index contributed by atoms with van der Waals surface area (Å²) < 4.78 is 37.7. The largest absolute Gasteiger partial charge is 0.481 e. The molecule has 0 heterocycles. The van der Waals surface area contributed by atoms with Crippen molar-refractivity contribution in [1.29, 1.82) is 0 Å². The molecular weight excluding hydrogens is 496 g/mol. The van der Waals surface area contributed by atoms with Crippen LogP contribution >= 0.6 is 0 Å². The third kappa shape index (κ3) is 30.0. The molecular formula is C22H42N4O11. The molecule has 2 N–H and O–H groups in total. The molecule has 15 heteroatoms. The maximum atomic E-state index is 10.4. The zero-order chi connectivity index (χ0) is 27.2. The Labute approximate surface area is 217 Å². The molecule has 0 aliphatic carbocycles.